The molecule has 1 N–H and O–H groups in total. The number of nitrogens with one attached hydrogen (secondary N) is 1. The molecule has 3 rings (SSSR count). The van der Waals surface area contributed by atoms with Crippen LogP contribution >= 0.6 is 0 Å². The number of hydrogen-bond acceptors (Lipinski definition) is 2. The molecule has 0 radical (unpaired) electrons. The van der Waals surface area contributed by atoms with E-state index in [4.69, 9.17) is 0 Å². The van der Waals surface area contributed by atoms with Crippen molar-refractivity contribution in [2.45, 2.75) is 31.3 Å². The van der Waals surface area contributed by atoms with Crippen LogP contribution in [0.3, 0.4) is 0 Å². The van der Waals surface area contributed by atoms with Crippen molar-refractivity contribution in [2.24, 2.45) is 0 Å². The maximum absolute atomic E-state index is 13.7. The van der Waals surface area contributed by atoms with Crippen LogP contribution in [0.15, 0.2) is 18.2 Å². The fourth-order valence-corrected chi connectivity index (χ4v) is 3.12. The second-order valence-corrected chi connectivity index (χ2v) is 5.21. The fourth-order valence-electron chi connectivity index (χ4n) is 3.12. The van der Waals surface area contributed by atoms with Crippen molar-refractivity contribution in [3.63, 3.8) is 0 Å². The third-order valence-corrected chi connectivity index (χ3v) is 4.05. The molecule has 3 nitrogen and oxygen atoms in total. The number of nitrogens with zero attached hydrogens (tertiary/aromatic N) is 1. The van der Waals surface area contributed by atoms with E-state index in [0.29, 0.717) is 0 Å². The number of carbonyl (C=O) groups is 1. The van der Waals surface area contributed by atoms with E-state index in [0.717, 1.165) is 44.5 Å². The Bertz CT molecular complexity index is 492. The molecule has 2 heterocycles. The highest BCUT2D eigenvalue weighted by Crippen LogP contribution is 2.30. The van der Waals surface area contributed by atoms with Gasteiger partial charge < -0.3 is 10.2 Å². The summed E-state index contributed by atoms with van der Waals surface area (Å²) in [6.07, 6.45) is 2.82. The molecule has 2 unspecified atom stereocenters. The normalized spacial score (nSPS) is 26.3. The summed E-state index contributed by atoms with van der Waals surface area (Å²) in [4.78, 5) is 14.3. The molecule has 0 aromatic heterocycles. The highest BCUT2D eigenvalue weighted by Gasteiger charge is 2.38. The Kier molecular flexibility index (Phi) is 3.22. The van der Waals surface area contributed by atoms with Crippen molar-refractivity contribution >= 4 is 5.91 Å². The third-order valence-electron chi connectivity index (χ3n) is 4.05. The topological polar surface area (TPSA) is 32.3 Å². The van der Waals surface area contributed by atoms with Crippen LogP contribution in [0.5, 0.6) is 0 Å². The molecule has 0 aliphatic carbocycles. The molecule has 1 amide bonds. The molecule has 2 bridgehead atoms. The zero-order valence-corrected chi connectivity index (χ0v) is 10.5. The Morgan fingerprint density at radius 3 is 2.79 bits per heavy atom. The van der Waals surface area contributed by atoms with E-state index >= 15 is 0 Å². The maximum Gasteiger partial charge on any atom is 0.257 e. The minimum Gasteiger partial charge on any atom is -0.331 e. The van der Waals surface area contributed by atoms with Gasteiger partial charge >= 0.3 is 0 Å². The predicted octanol–water partition coefficient (Wildman–Crippen LogP) is 1.93. The first kappa shape index (κ1) is 12.5. The number of hydrogen-bond donors (Lipinski definition) is 1. The van der Waals surface area contributed by atoms with Crippen molar-refractivity contribution in [2.75, 3.05) is 13.1 Å². The Balaban J connectivity index is 1.90. The molecule has 2 aliphatic rings. The number of halogens is 2. The summed E-state index contributed by atoms with van der Waals surface area (Å²) >= 11 is 0. The molecule has 5 heteroatoms. The van der Waals surface area contributed by atoms with Gasteiger partial charge in [-0.2, -0.15) is 0 Å². The molecular formula is C14H16F2N2O. The summed E-state index contributed by atoms with van der Waals surface area (Å²) in [5.41, 5.74) is -0.0276. The molecule has 102 valence electrons. The Morgan fingerprint density at radius 1 is 1.21 bits per heavy atom. The van der Waals surface area contributed by atoms with Gasteiger partial charge in [-0.25, -0.2) is 8.78 Å². The van der Waals surface area contributed by atoms with Gasteiger partial charge in [0.25, 0.3) is 5.91 Å². The monoisotopic (exact) mass is 266 g/mol. The minimum absolute atomic E-state index is 0.0276. The van der Waals surface area contributed by atoms with Crippen LogP contribution in [-0.2, 0) is 0 Å². The van der Waals surface area contributed by atoms with E-state index in [1.54, 1.807) is 4.90 Å². The van der Waals surface area contributed by atoms with Gasteiger partial charge in [-0.1, -0.05) is 0 Å². The van der Waals surface area contributed by atoms with Gasteiger partial charge in [0.1, 0.15) is 11.6 Å². The third kappa shape index (κ3) is 2.23. The maximum atomic E-state index is 13.7. The van der Waals surface area contributed by atoms with Crippen LogP contribution in [0.25, 0.3) is 0 Å². The average Bonchev–Trinajstić information content (AvgIpc) is 2.62. The molecule has 2 atom stereocenters. The van der Waals surface area contributed by atoms with Gasteiger partial charge in [-0.05, 0) is 37.9 Å². The molecule has 1 aromatic rings. The second-order valence-electron chi connectivity index (χ2n) is 5.21. The molecule has 2 fully saturated rings. The summed E-state index contributed by atoms with van der Waals surface area (Å²) in [5.74, 6) is -1.75. The van der Waals surface area contributed by atoms with E-state index in [1.165, 1.54) is 6.07 Å². The lowest BCUT2D eigenvalue weighted by Gasteiger charge is -2.28. The summed E-state index contributed by atoms with van der Waals surface area (Å²) in [6.45, 7) is 1.64. The van der Waals surface area contributed by atoms with Crippen LogP contribution in [0.2, 0.25) is 0 Å². The van der Waals surface area contributed by atoms with Crippen molar-refractivity contribution in [1.29, 1.82) is 0 Å². The molecule has 0 saturated carbocycles. The van der Waals surface area contributed by atoms with Gasteiger partial charge in [0.15, 0.2) is 0 Å². The highest BCUT2D eigenvalue weighted by atomic mass is 19.1. The van der Waals surface area contributed by atoms with Gasteiger partial charge in [0.2, 0.25) is 0 Å². The number of amides is 1. The summed E-state index contributed by atoms with van der Waals surface area (Å²) in [7, 11) is 0. The summed E-state index contributed by atoms with van der Waals surface area (Å²) < 4.78 is 26.6. The number of rotatable bonds is 1. The largest absolute Gasteiger partial charge is 0.331 e. The van der Waals surface area contributed by atoms with E-state index in [2.05, 4.69) is 5.32 Å². The smallest absolute Gasteiger partial charge is 0.257 e. The SMILES string of the molecule is O=C(c1ccc(F)cc1F)N1C2CCNCC1CC2. The highest BCUT2D eigenvalue weighted by molar-refractivity contribution is 5.95. The van der Waals surface area contributed by atoms with E-state index in [9.17, 15) is 13.6 Å². The Labute approximate surface area is 110 Å². The van der Waals surface area contributed by atoms with Crippen LogP contribution in [0.4, 0.5) is 8.78 Å². The lowest BCUT2D eigenvalue weighted by molar-refractivity contribution is 0.0675. The average molecular weight is 266 g/mol. The van der Waals surface area contributed by atoms with E-state index < -0.39 is 11.6 Å². The second kappa shape index (κ2) is 4.89. The number of carbonyl (C=O) groups excluding carboxylic acids is 1. The molecule has 1 aromatic carbocycles. The van der Waals surface area contributed by atoms with Gasteiger partial charge in [-0.3, -0.25) is 4.79 Å². The van der Waals surface area contributed by atoms with Crippen LogP contribution in [0.1, 0.15) is 29.6 Å². The standard InChI is InChI=1S/C14H16F2N2O/c15-9-1-4-12(13(16)7-9)14(19)18-10-2-3-11(18)8-17-6-5-10/h1,4,7,10-11,17H,2-3,5-6,8H2. The Morgan fingerprint density at radius 2 is 2.00 bits per heavy atom. The fraction of sp³-hybridized carbons (Fsp3) is 0.500. The first-order valence-corrected chi connectivity index (χ1v) is 6.65. The quantitative estimate of drug-likeness (QED) is 0.842. The lowest BCUT2D eigenvalue weighted by atomic mass is 10.1. The molecule has 0 spiro atoms. The Hall–Kier alpha value is -1.49. The van der Waals surface area contributed by atoms with Crippen molar-refractivity contribution in [3.8, 4) is 0 Å². The molecule has 2 saturated heterocycles. The number of benzene rings is 1. The van der Waals surface area contributed by atoms with Crippen LogP contribution in [0, 0.1) is 11.6 Å². The first-order valence-electron chi connectivity index (χ1n) is 6.65. The van der Waals surface area contributed by atoms with E-state index in [1.807, 2.05) is 0 Å². The molecule has 19 heavy (non-hydrogen) atoms. The van der Waals surface area contributed by atoms with Crippen molar-refractivity contribution in [1.82, 2.24) is 10.2 Å². The summed E-state index contributed by atoms with van der Waals surface area (Å²) in [6, 6.07) is 3.45. The zero-order chi connectivity index (χ0) is 13.4. The summed E-state index contributed by atoms with van der Waals surface area (Å²) in [5, 5.41) is 3.29. The molecular weight excluding hydrogens is 250 g/mol. The number of fused-ring (bicyclic) bond motifs is 2. The molecule has 2 aliphatic heterocycles. The van der Waals surface area contributed by atoms with Crippen LogP contribution in [-0.4, -0.2) is 36.0 Å². The van der Waals surface area contributed by atoms with Gasteiger partial charge in [0.05, 0.1) is 5.56 Å². The lowest BCUT2D eigenvalue weighted by Crippen LogP contribution is -2.42. The van der Waals surface area contributed by atoms with Crippen molar-refractivity contribution in [3.05, 3.63) is 35.4 Å². The minimum atomic E-state index is -0.776. The van der Waals surface area contributed by atoms with E-state index in [-0.39, 0.29) is 23.6 Å². The predicted molar refractivity (Wildman–Crippen MR) is 66.8 cm³/mol. The van der Waals surface area contributed by atoms with Crippen molar-refractivity contribution < 1.29 is 13.6 Å². The van der Waals surface area contributed by atoms with Crippen LogP contribution < -0.4 is 5.32 Å². The zero-order valence-electron chi connectivity index (χ0n) is 10.5. The van der Waals surface area contributed by atoms with Gasteiger partial charge in [0, 0.05) is 24.7 Å². The first-order chi connectivity index (χ1) is 9.16. The van der Waals surface area contributed by atoms with Gasteiger partial charge in [-0.15, -0.1) is 0 Å².